The number of nitrogens with zero attached hydrogens (tertiary/aromatic N) is 1. The minimum atomic E-state index is -0.299. The normalized spacial score (nSPS) is 10.3. The molecule has 0 atom stereocenters. The fourth-order valence-corrected chi connectivity index (χ4v) is 1.76. The molecule has 0 fully saturated rings. The number of aryl methyl sites for hydroxylation is 1. The Morgan fingerprint density at radius 2 is 2.18 bits per heavy atom. The van der Waals surface area contributed by atoms with Gasteiger partial charge in [0.15, 0.2) is 0 Å². The Bertz CT molecular complexity index is 508. The van der Waals surface area contributed by atoms with Crippen molar-refractivity contribution in [2.24, 2.45) is 0 Å². The van der Waals surface area contributed by atoms with Crippen LogP contribution in [0.5, 0.6) is 0 Å². The Balaban J connectivity index is 2.16. The summed E-state index contributed by atoms with van der Waals surface area (Å²) in [6, 6.07) is 6.57. The summed E-state index contributed by atoms with van der Waals surface area (Å²) in [4.78, 5) is 4.01. The summed E-state index contributed by atoms with van der Waals surface area (Å²) in [5.41, 5.74) is 2.41. The fourth-order valence-electron chi connectivity index (χ4n) is 1.53. The average Bonchev–Trinajstić information content (AvgIpc) is 2.30. The van der Waals surface area contributed by atoms with Gasteiger partial charge < -0.3 is 5.32 Å². The van der Waals surface area contributed by atoms with Gasteiger partial charge in [0.05, 0.1) is 11.9 Å². The van der Waals surface area contributed by atoms with Crippen molar-refractivity contribution < 1.29 is 4.39 Å². The van der Waals surface area contributed by atoms with Crippen LogP contribution in [-0.2, 0) is 6.54 Å². The minimum Gasteiger partial charge on any atom is -0.379 e. The molecule has 17 heavy (non-hydrogen) atoms. The van der Waals surface area contributed by atoms with E-state index >= 15 is 0 Å². The molecule has 0 saturated carbocycles. The van der Waals surface area contributed by atoms with Crippen LogP contribution in [0.15, 0.2) is 36.7 Å². The van der Waals surface area contributed by atoms with Crippen molar-refractivity contribution in [1.29, 1.82) is 0 Å². The zero-order chi connectivity index (χ0) is 12.3. The molecule has 2 nitrogen and oxygen atoms in total. The van der Waals surface area contributed by atoms with Crippen LogP contribution in [-0.4, -0.2) is 4.98 Å². The Labute approximate surface area is 104 Å². The predicted molar refractivity (Wildman–Crippen MR) is 67.7 cm³/mol. The first-order valence-electron chi connectivity index (χ1n) is 5.26. The standard InChI is InChI=1S/C13H12ClFN2/c1-9-5-6-16-8-13(9)17-7-10-11(14)3-2-4-12(10)15/h2-6,8,17H,7H2,1H3. The third-order valence-electron chi connectivity index (χ3n) is 2.56. The van der Waals surface area contributed by atoms with Gasteiger partial charge in [-0.1, -0.05) is 17.7 Å². The zero-order valence-electron chi connectivity index (χ0n) is 9.37. The largest absolute Gasteiger partial charge is 0.379 e. The second kappa shape index (κ2) is 5.15. The van der Waals surface area contributed by atoms with Crippen molar-refractivity contribution in [3.63, 3.8) is 0 Å². The van der Waals surface area contributed by atoms with Crippen LogP contribution >= 0.6 is 11.6 Å². The number of hydrogen-bond donors (Lipinski definition) is 1. The molecular formula is C13H12ClFN2. The van der Waals surface area contributed by atoms with Gasteiger partial charge in [0, 0.05) is 23.3 Å². The van der Waals surface area contributed by atoms with Crippen molar-refractivity contribution in [2.75, 3.05) is 5.32 Å². The second-order valence-electron chi connectivity index (χ2n) is 3.74. The molecule has 1 heterocycles. The first kappa shape index (κ1) is 11.9. The number of halogens is 2. The number of anilines is 1. The summed E-state index contributed by atoms with van der Waals surface area (Å²) in [5.74, 6) is -0.299. The Morgan fingerprint density at radius 1 is 1.35 bits per heavy atom. The van der Waals surface area contributed by atoms with Crippen LogP contribution in [0.1, 0.15) is 11.1 Å². The van der Waals surface area contributed by atoms with Crippen molar-refractivity contribution in [1.82, 2.24) is 4.98 Å². The minimum absolute atomic E-state index is 0.299. The monoisotopic (exact) mass is 250 g/mol. The first-order valence-corrected chi connectivity index (χ1v) is 5.63. The lowest BCUT2D eigenvalue weighted by atomic mass is 10.2. The van der Waals surface area contributed by atoms with Gasteiger partial charge in [-0.15, -0.1) is 0 Å². The van der Waals surface area contributed by atoms with Crippen LogP contribution < -0.4 is 5.32 Å². The number of pyridine rings is 1. The van der Waals surface area contributed by atoms with Crippen molar-refractivity contribution in [3.8, 4) is 0 Å². The maximum Gasteiger partial charge on any atom is 0.129 e. The first-order chi connectivity index (χ1) is 8.18. The third-order valence-corrected chi connectivity index (χ3v) is 2.91. The van der Waals surface area contributed by atoms with E-state index in [-0.39, 0.29) is 5.82 Å². The second-order valence-corrected chi connectivity index (χ2v) is 4.15. The molecule has 0 radical (unpaired) electrons. The molecular weight excluding hydrogens is 239 g/mol. The molecule has 0 aliphatic rings. The Kier molecular flexibility index (Phi) is 3.59. The van der Waals surface area contributed by atoms with Gasteiger partial charge in [-0.05, 0) is 30.7 Å². The molecule has 1 aromatic carbocycles. The summed E-state index contributed by atoms with van der Waals surface area (Å²) < 4.78 is 13.5. The van der Waals surface area contributed by atoms with E-state index in [1.54, 1.807) is 24.5 Å². The van der Waals surface area contributed by atoms with Gasteiger partial charge in [0.1, 0.15) is 5.82 Å². The summed E-state index contributed by atoms with van der Waals surface area (Å²) in [6.45, 7) is 2.31. The molecule has 0 unspecified atom stereocenters. The van der Waals surface area contributed by atoms with Gasteiger partial charge in [-0.2, -0.15) is 0 Å². The SMILES string of the molecule is Cc1ccncc1NCc1c(F)cccc1Cl. The van der Waals surface area contributed by atoms with Crippen molar-refractivity contribution in [3.05, 3.63) is 58.6 Å². The molecule has 0 saturated heterocycles. The van der Waals surface area contributed by atoms with Gasteiger partial charge in [-0.25, -0.2) is 4.39 Å². The van der Waals surface area contributed by atoms with Gasteiger partial charge in [-0.3, -0.25) is 4.98 Å². The van der Waals surface area contributed by atoms with Crippen LogP contribution in [0.3, 0.4) is 0 Å². The lowest BCUT2D eigenvalue weighted by Gasteiger charge is -2.10. The van der Waals surface area contributed by atoms with E-state index in [1.807, 2.05) is 13.0 Å². The maximum atomic E-state index is 13.5. The molecule has 0 aliphatic carbocycles. The number of nitrogens with one attached hydrogen (secondary N) is 1. The molecule has 0 bridgehead atoms. The predicted octanol–water partition coefficient (Wildman–Crippen LogP) is 3.79. The molecule has 0 spiro atoms. The van der Waals surface area contributed by atoms with Crippen LogP contribution in [0.4, 0.5) is 10.1 Å². The van der Waals surface area contributed by atoms with Gasteiger partial charge >= 0.3 is 0 Å². The quantitative estimate of drug-likeness (QED) is 0.896. The van der Waals surface area contributed by atoms with E-state index in [0.29, 0.717) is 17.1 Å². The maximum absolute atomic E-state index is 13.5. The molecule has 0 amide bonds. The van der Waals surface area contributed by atoms with Crippen molar-refractivity contribution >= 4 is 17.3 Å². The Morgan fingerprint density at radius 3 is 2.88 bits per heavy atom. The number of benzene rings is 1. The van der Waals surface area contributed by atoms with E-state index in [1.165, 1.54) is 6.07 Å². The highest BCUT2D eigenvalue weighted by molar-refractivity contribution is 6.31. The van der Waals surface area contributed by atoms with Gasteiger partial charge in [0.2, 0.25) is 0 Å². The third kappa shape index (κ3) is 2.74. The smallest absolute Gasteiger partial charge is 0.129 e. The highest BCUT2D eigenvalue weighted by Crippen LogP contribution is 2.21. The summed E-state index contributed by atoms with van der Waals surface area (Å²) >= 11 is 5.94. The van der Waals surface area contributed by atoms with E-state index < -0.39 is 0 Å². The molecule has 0 aliphatic heterocycles. The summed E-state index contributed by atoms with van der Waals surface area (Å²) in [5, 5.41) is 3.55. The number of aromatic nitrogens is 1. The Hall–Kier alpha value is -1.61. The van der Waals surface area contributed by atoms with Crippen LogP contribution in [0, 0.1) is 12.7 Å². The highest BCUT2D eigenvalue weighted by Gasteiger charge is 2.06. The molecule has 1 N–H and O–H groups in total. The zero-order valence-corrected chi connectivity index (χ0v) is 10.1. The topological polar surface area (TPSA) is 24.9 Å². The molecule has 1 aromatic heterocycles. The summed E-state index contributed by atoms with van der Waals surface area (Å²) in [7, 11) is 0. The lowest BCUT2D eigenvalue weighted by Crippen LogP contribution is -2.04. The van der Waals surface area contributed by atoms with Crippen LogP contribution in [0.2, 0.25) is 5.02 Å². The number of rotatable bonds is 3. The fraction of sp³-hybridized carbons (Fsp3) is 0.154. The van der Waals surface area contributed by atoms with Crippen molar-refractivity contribution in [2.45, 2.75) is 13.5 Å². The molecule has 2 rings (SSSR count). The van der Waals surface area contributed by atoms with E-state index in [0.717, 1.165) is 11.3 Å². The molecule has 2 aromatic rings. The van der Waals surface area contributed by atoms with Crippen LogP contribution in [0.25, 0.3) is 0 Å². The van der Waals surface area contributed by atoms with E-state index in [2.05, 4.69) is 10.3 Å². The molecule has 4 heteroatoms. The van der Waals surface area contributed by atoms with E-state index in [9.17, 15) is 4.39 Å². The average molecular weight is 251 g/mol. The summed E-state index contributed by atoms with van der Waals surface area (Å²) in [6.07, 6.45) is 3.43. The lowest BCUT2D eigenvalue weighted by molar-refractivity contribution is 0.613. The highest BCUT2D eigenvalue weighted by atomic mass is 35.5. The van der Waals surface area contributed by atoms with Gasteiger partial charge in [0.25, 0.3) is 0 Å². The number of hydrogen-bond acceptors (Lipinski definition) is 2. The van der Waals surface area contributed by atoms with E-state index in [4.69, 9.17) is 11.6 Å². The molecule has 88 valence electrons.